The van der Waals surface area contributed by atoms with Gasteiger partial charge < -0.3 is 14.2 Å². The van der Waals surface area contributed by atoms with Gasteiger partial charge in [0, 0.05) is 42.3 Å². The fourth-order valence-corrected chi connectivity index (χ4v) is 4.34. The highest BCUT2D eigenvalue weighted by atomic mass is 16.5. The summed E-state index contributed by atoms with van der Waals surface area (Å²) in [6.45, 7) is 5.78. The molecule has 5 heteroatoms. The summed E-state index contributed by atoms with van der Waals surface area (Å²) in [5.74, 6) is 2.51. The topological polar surface area (TPSA) is 43.8 Å². The number of benzene rings is 3. The van der Waals surface area contributed by atoms with Gasteiger partial charge >= 0.3 is 0 Å². The Morgan fingerprint density at radius 2 is 1.85 bits per heavy atom. The number of fused-ring (bicyclic) bond motifs is 2. The summed E-state index contributed by atoms with van der Waals surface area (Å²) in [6.07, 6.45) is 1.93. The van der Waals surface area contributed by atoms with Crippen molar-refractivity contribution in [3.05, 3.63) is 84.1 Å². The number of hydrogen-bond donors (Lipinski definition) is 0. The molecule has 5 nitrogen and oxygen atoms in total. The molecule has 0 N–H and O–H groups in total. The van der Waals surface area contributed by atoms with Gasteiger partial charge in [0.05, 0.1) is 19.2 Å². The predicted molar refractivity (Wildman–Crippen MR) is 131 cm³/mol. The van der Waals surface area contributed by atoms with Crippen LogP contribution in [0.2, 0.25) is 0 Å². The van der Waals surface area contributed by atoms with E-state index in [1.165, 1.54) is 5.56 Å². The van der Waals surface area contributed by atoms with Crippen molar-refractivity contribution in [2.24, 2.45) is 0 Å². The zero-order chi connectivity index (χ0) is 22.6. The van der Waals surface area contributed by atoms with Crippen molar-refractivity contribution in [3.63, 3.8) is 0 Å². The lowest BCUT2D eigenvalue weighted by Gasteiger charge is -2.20. The van der Waals surface area contributed by atoms with Crippen molar-refractivity contribution in [2.45, 2.75) is 20.0 Å². The monoisotopic (exact) mass is 440 g/mol. The van der Waals surface area contributed by atoms with Gasteiger partial charge in [0.25, 0.3) is 0 Å². The smallest absolute Gasteiger partial charge is 0.165 e. The maximum atomic E-state index is 6.15. The van der Waals surface area contributed by atoms with Gasteiger partial charge in [-0.25, -0.2) is 0 Å². The molecular formula is C28H28N2O3. The number of para-hydroxylation sites is 1. The highest BCUT2D eigenvalue weighted by molar-refractivity contribution is 5.84. The van der Waals surface area contributed by atoms with Crippen LogP contribution in [0.5, 0.6) is 17.2 Å². The Balaban J connectivity index is 1.44. The quantitative estimate of drug-likeness (QED) is 0.385. The zero-order valence-corrected chi connectivity index (χ0v) is 19.1. The van der Waals surface area contributed by atoms with E-state index >= 15 is 0 Å². The van der Waals surface area contributed by atoms with Crippen LogP contribution in [0.4, 0.5) is 0 Å². The third-order valence-electron chi connectivity index (χ3n) is 5.96. The molecule has 0 unspecified atom stereocenters. The molecule has 3 aromatic carbocycles. The lowest BCUT2D eigenvalue weighted by atomic mass is 10.0. The molecule has 5 rings (SSSR count). The summed E-state index contributed by atoms with van der Waals surface area (Å²) in [5, 5.41) is 1.12. The van der Waals surface area contributed by atoms with Gasteiger partial charge in [0.1, 0.15) is 12.4 Å². The van der Waals surface area contributed by atoms with Crippen LogP contribution >= 0.6 is 0 Å². The fourth-order valence-electron chi connectivity index (χ4n) is 4.34. The molecule has 1 aromatic heterocycles. The molecule has 0 bridgehead atoms. The van der Waals surface area contributed by atoms with E-state index in [0.29, 0.717) is 13.2 Å². The molecule has 1 aliphatic heterocycles. The second-order valence-electron chi connectivity index (χ2n) is 8.22. The Morgan fingerprint density at radius 3 is 2.67 bits per heavy atom. The summed E-state index contributed by atoms with van der Waals surface area (Å²) in [5.41, 5.74) is 5.52. The van der Waals surface area contributed by atoms with Crippen LogP contribution in [0.25, 0.3) is 22.0 Å². The molecule has 168 valence electrons. The first-order valence-electron chi connectivity index (χ1n) is 11.4. The maximum absolute atomic E-state index is 6.15. The number of rotatable bonds is 6. The third-order valence-corrected chi connectivity index (χ3v) is 5.96. The first kappa shape index (κ1) is 21.3. The van der Waals surface area contributed by atoms with E-state index in [0.717, 1.165) is 64.5 Å². The Bertz CT molecular complexity index is 1250. The molecule has 0 saturated carbocycles. The van der Waals surface area contributed by atoms with Crippen molar-refractivity contribution in [2.75, 3.05) is 26.9 Å². The van der Waals surface area contributed by atoms with Gasteiger partial charge in [-0.05, 0) is 54.4 Å². The molecule has 0 fully saturated rings. The average molecular weight is 441 g/mol. The SMILES string of the molecule is CCOc1ccc(CN2CCOc3c(cc(-c4cnc5ccccc5c4)cc3OC)C2)cc1. The minimum atomic E-state index is 0.622. The van der Waals surface area contributed by atoms with Crippen molar-refractivity contribution < 1.29 is 14.2 Å². The van der Waals surface area contributed by atoms with E-state index in [-0.39, 0.29) is 0 Å². The van der Waals surface area contributed by atoms with Crippen molar-refractivity contribution in [1.82, 2.24) is 9.88 Å². The maximum Gasteiger partial charge on any atom is 0.165 e. The van der Waals surface area contributed by atoms with Crippen molar-refractivity contribution >= 4 is 10.9 Å². The summed E-state index contributed by atoms with van der Waals surface area (Å²) < 4.78 is 17.5. The number of aromatic nitrogens is 1. The second-order valence-corrected chi connectivity index (χ2v) is 8.22. The molecule has 0 saturated heterocycles. The van der Waals surface area contributed by atoms with Crippen molar-refractivity contribution in [1.29, 1.82) is 0 Å². The number of hydrogen-bond acceptors (Lipinski definition) is 5. The van der Waals surface area contributed by atoms with Gasteiger partial charge in [-0.3, -0.25) is 9.88 Å². The number of pyridine rings is 1. The van der Waals surface area contributed by atoms with Crippen LogP contribution < -0.4 is 14.2 Å². The van der Waals surface area contributed by atoms with E-state index in [1.807, 2.05) is 49.5 Å². The van der Waals surface area contributed by atoms with Crippen LogP contribution in [0, 0.1) is 0 Å². The second kappa shape index (κ2) is 9.51. The lowest BCUT2D eigenvalue weighted by Crippen LogP contribution is -2.25. The van der Waals surface area contributed by atoms with Gasteiger partial charge in [-0.2, -0.15) is 0 Å². The molecule has 33 heavy (non-hydrogen) atoms. The molecule has 0 amide bonds. The molecule has 4 aromatic rings. The summed E-state index contributed by atoms with van der Waals surface area (Å²) in [6, 6.07) is 23.0. The van der Waals surface area contributed by atoms with Crippen LogP contribution in [0.15, 0.2) is 72.9 Å². The van der Waals surface area contributed by atoms with E-state index in [4.69, 9.17) is 14.2 Å². The Hall–Kier alpha value is -3.57. The summed E-state index contributed by atoms with van der Waals surface area (Å²) in [4.78, 5) is 7.05. The minimum absolute atomic E-state index is 0.622. The molecular weight excluding hydrogens is 412 g/mol. The van der Waals surface area contributed by atoms with Gasteiger partial charge in [-0.15, -0.1) is 0 Å². The molecule has 0 radical (unpaired) electrons. The molecule has 0 atom stereocenters. The normalized spacial score (nSPS) is 13.8. The fraction of sp³-hybridized carbons (Fsp3) is 0.250. The largest absolute Gasteiger partial charge is 0.494 e. The van der Waals surface area contributed by atoms with Crippen LogP contribution in [0.3, 0.4) is 0 Å². The zero-order valence-electron chi connectivity index (χ0n) is 19.1. The first-order chi connectivity index (χ1) is 16.2. The lowest BCUT2D eigenvalue weighted by molar-refractivity contribution is 0.217. The van der Waals surface area contributed by atoms with Gasteiger partial charge in [-0.1, -0.05) is 30.3 Å². The van der Waals surface area contributed by atoms with Crippen molar-refractivity contribution in [3.8, 4) is 28.4 Å². The Labute approximate surface area is 194 Å². The van der Waals surface area contributed by atoms with E-state index in [2.05, 4.69) is 40.2 Å². The number of nitrogens with zero attached hydrogens (tertiary/aromatic N) is 2. The van der Waals surface area contributed by atoms with Gasteiger partial charge in [0.2, 0.25) is 0 Å². The predicted octanol–water partition coefficient (Wildman–Crippen LogP) is 5.70. The number of methoxy groups -OCH3 is 1. The summed E-state index contributed by atoms with van der Waals surface area (Å²) >= 11 is 0. The summed E-state index contributed by atoms with van der Waals surface area (Å²) in [7, 11) is 1.70. The highest BCUT2D eigenvalue weighted by Gasteiger charge is 2.21. The molecule has 2 heterocycles. The first-order valence-corrected chi connectivity index (χ1v) is 11.4. The molecule has 1 aliphatic rings. The Morgan fingerprint density at radius 1 is 1.00 bits per heavy atom. The van der Waals surface area contributed by atoms with E-state index in [9.17, 15) is 0 Å². The minimum Gasteiger partial charge on any atom is -0.494 e. The van der Waals surface area contributed by atoms with Gasteiger partial charge in [0.15, 0.2) is 11.5 Å². The third kappa shape index (κ3) is 4.64. The van der Waals surface area contributed by atoms with E-state index in [1.54, 1.807) is 7.11 Å². The number of ether oxygens (including phenoxy) is 3. The standard InChI is InChI=1S/C28H28N2O3/c1-3-32-25-10-8-20(9-11-25)18-30-12-13-33-28-24(19-30)15-22(16-27(28)31-2)23-14-21-6-4-5-7-26(21)29-17-23/h4-11,14-17H,3,12-13,18-19H2,1-2H3. The highest BCUT2D eigenvalue weighted by Crippen LogP contribution is 2.39. The van der Waals surface area contributed by atoms with Crippen LogP contribution in [-0.4, -0.2) is 36.8 Å². The van der Waals surface area contributed by atoms with Crippen LogP contribution in [-0.2, 0) is 13.1 Å². The average Bonchev–Trinajstić information content (AvgIpc) is 3.06. The van der Waals surface area contributed by atoms with E-state index < -0.39 is 0 Å². The van der Waals surface area contributed by atoms with Crippen LogP contribution in [0.1, 0.15) is 18.1 Å². The molecule has 0 spiro atoms. The molecule has 0 aliphatic carbocycles. The Kier molecular flexibility index (Phi) is 6.13.